The van der Waals surface area contributed by atoms with Gasteiger partial charge in [0.2, 0.25) is 0 Å². The Hall–Kier alpha value is -4.57. The summed E-state index contributed by atoms with van der Waals surface area (Å²) in [5.74, 6) is 1.28. The first kappa shape index (κ1) is 24.1. The summed E-state index contributed by atoms with van der Waals surface area (Å²) in [7, 11) is 0. The van der Waals surface area contributed by atoms with Gasteiger partial charge in [-0.2, -0.15) is 0 Å². The van der Waals surface area contributed by atoms with E-state index in [0.29, 0.717) is 6.61 Å². The maximum Gasteiger partial charge on any atom is 0.330 e. The Balaban J connectivity index is 1.46. The van der Waals surface area contributed by atoms with Crippen LogP contribution >= 0.6 is 0 Å². The average molecular weight is 488 g/mol. The lowest BCUT2D eigenvalue weighted by Gasteiger charge is -2.09. The molecule has 0 aliphatic rings. The molecule has 0 aliphatic heterocycles. The second-order valence-electron chi connectivity index (χ2n) is 8.78. The lowest BCUT2D eigenvalue weighted by atomic mass is 10.0. The van der Waals surface area contributed by atoms with Crippen molar-refractivity contribution in [3.63, 3.8) is 0 Å². The molecule has 4 heteroatoms. The van der Waals surface area contributed by atoms with Crippen LogP contribution in [0.5, 0.6) is 11.5 Å². The summed E-state index contributed by atoms with van der Waals surface area (Å²) < 4.78 is 13.2. The second-order valence-corrected chi connectivity index (χ2v) is 8.78. The van der Waals surface area contributed by atoms with Crippen molar-refractivity contribution in [2.75, 3.05) is 6.61 Å². The van der Waals surface area contributed by atoms with Crippen LogP contribution in [-0.2, 0) is 22.4 Å². The van der Waals surface area contributed by atoms with Gasteiger partial charge in [-0.05, 0) is 91.1 Å². The van der Waals surface area contributed by atoms with Crippen LogP contribution in [0.25, 0.3) is 22.7 Å². The molecule has 4 nitrogen and oxygen atoms in total. The smallest absolute Gasteiger partial charge is 0.330 e. The minimum atomic E-state index is -0.331. The lowest BCUT2D eigenvalue weighted by molar-refractivity contribution is -0.137. The van der Waals surface area contributed by atoms with E-state index in [-0.39, 0.29) is 5.97 Å². The van der Waals surface area contributed by atoms with Crippen LogP contribution in [0.1, 0.15) is 23.6 Å². The van der Waals surface area contributed by atoms with Crippen molar-refractivity contribution >= 4 is 22.9 Å². The highest BCUT2D eigenvalue weighted by Crippen LogP contribution is 2.29. The Morgan fingerprint density at radius 2 is 1.51 bits per heavy atom. The van der Waals surface area contributed by atoms with Crippen molar-refractivity contribution in [1.29, 1.82) is 0 Å². The molecule has 0 N–H and O–H groups in total. The molecule has 0 spiro atoms. The fourth-order valence-electron chi connectivity index (χ4n) is 4.41. The maximum atomic E-state index is 11.8. The number of carbonyl (C=O) groups excluding carboxylic acids is 1. The Bertz CT molecular complexity index is 1500. The molecule has 0 bridgehead atoms. The molecular weight excluding hydrogens is 458 g/mol. The van der Waals surface area contributed by atoms with Gasteiger partial charge in [0.25, 0.3) is 0 Å². The van der Waals surface area contributed by atoms with Crippen molar-refractivity contribution in [1.82, 2.24) is 4.57 Å². The van der Waals surface area contributed by atoms with E-state index in [9.17, 15) is 4.79 Å². The summed E-state index contributed by atoms with van der Waals surface area (Å²) in [5, 5.41) is 1.17. The SMILES string of the molecule is CCOC(=O)/C=C/c1ccc2c(c1)c(CCc1ccccc1)cn2-c1ccc(Oc2ccccc2)cc1. The Morgan fingerprint density at radius 3 is 2.24 bits per heavy atom. The maximum absolute atomic E-state index is 11.8. The number of nitrogens with zero attached hydrogens (tertiary/aromatic N) is 1. The molecule has 1 heterocycles. The van der Waals surface area contributed by atoms with E-state index in [1.807, 2.05) is 60.7 Å². The standard InChI is InChI=1S/C33H29NO3/c1-2-36-33(35)22-15-26-14-21-32-31(23-26)27(16-13-25-9-5-3-6-10-25)24-34(32)28-17-19-30(20-18-28)37-29-11-7-4-8-12-29/h3-12,14-15,17-24H,2,13,16H2,1H3/b22-15+. The number of hydrogen-bond donors (Lipinski definition) is 0. The van der Waals surface area contributed by atoms with Crippen molar-refractivity contribution in [3.05, 3.63) is 132 Å². The third-order valence-electron chi connectivity index (χ3n) is 6.23. The Labute approximate surface area is 217 Å². The fourth-order valence-corrected chi connectivity index (χ4v) is 4.41. The van der Waals surface area contributed by atoms with Crippen LogP contribution in [0.15, 0.2) is 115 Å². The molecule has 4 aromatic carbocycles. The van der Waals surface area contributed by atoms with Gasteiger partial charge in [0, 0.05) is 23.3 Å². The normalized spacial score (nSPS) is 11.2. The lowest BCUT2D eigenvalue weighted by Crippen LogP contribution is -1.98. The quantitative estimate of drug-likeness (QED) is 0.157. The number of aryl methyl sites for hydroxylation is 2. The van der Waals surface area contributed by atoms with Crippen LogP contribution in [0.4, 0.5) is 0 Å². The molecule has 37 heavy (non-hydrogen) atoms. The number of para-hydroxylation sites is 1. The molecule has 0 atom stereocenters. The summed E-state index contributed by atoms with van der Waals surface area (Å²) in [6, 6.07) is 34.7. The van der Waals surface area contributed by atoms with E-state index in [2.05, 4.69) is 59.3 Å². The predicted molar refractivity (Wildman–Crippen MR) is 149 cm³/mol. The molecule has 5 rings (SSSR count). The highest BCUT2D eigenvalue weighted by molar-refractivity contribution is 5.91. The highest BCUT2D eigenvalue weighted by Gasteiger charge is 2.11. The van der Waals surface area contributed by atoms with E-state index in [1.165, 1.54) is 22.6 Å². The molecule has 0 unspecified atom stereocenters. The van der Waals surface area contributed by atoms with Gasteiger partial charge in [-0.25, -0.2) is 4.79 Å². The van der Waals surface area contributed by atoms with Crippen molar-refractivity contribution in [3.8, 4) is 17.2 Å². The summed E-state index contributed by atoms with van der Waals surface area (Å²) in [6.07, 6.45) is 7.38. The first-order valence-electron chi connectivity index (χ1n) is 12.6. The largest absolute Gasteiger partial charge is 0.463 e. The summed E-state index contributed by atoms with van der Waals surface area (Å²) in [4.78, 5) is 11.8. The van der Waals surface area contributed by atoms with E-state index >= 15 is 0 Å². The molecule has 0 saturated heterocycles. The molecule has 0 fully saturated rings. The summed E-state index contributed by atoms with van der Waals surface area (Å²) in [6.45, 7) is 2.17. The molecule has 0 saturated carbocycles. The van der Waals surface area contributed by atoms with Gasteiger partial charge in [-0.1, -0.05) is 54.6 Å². The molecular formula is C33H29NO3. The molecule has 1 aromatic heterocycles. The van der Waals surface area contributed by atoms with Gasteiger partial charge in [0.05, 0.1) is 12.1 Å². The third kappa shape index (κ3) is 5.99. The molecule has 0 amide bonds. The number of fused-ring (bicyclic) bond motifs is 1. The molecule has 184 valence electrons. The van der Waals surface area contributed by atoms with Crippen LogP contribution in [0.2, 0.25) is 0 Å². The van der Waals surface area contributed by atoms with Crippen LogP contribution in [0.3, 0.4) is 0 Å². The first-order valence-corrected chi connectivity index (χ1v) is 12.6. The van der Waals surface area contributed by atoms with Crippen LogP contribution < -0.4 is 4.74 Å². The van der Waals surface area contributed by atoms with Gasteiger partial charge in [0.15, 0.2) is 0 Å². The number of hydrogen-bond acceptors (Lipinski definition) is 3. The number of benzene rings is 4. The minimum Gasteiger partial charge on any atom is -0.463 e. The van der Waals surface area contributed by atoms with Crippen LogP contribution in [0, 0.1) is 0 Å². The molecule has 5 aromatic rings. The van der Waals surface area contributed by atoms with Gasteiger partial charge < -0.3 is 14.0 Å². The van der Waals surface area contributed by atoms with E-state index in [0.717, 1.165) is 41.1 Å². The summed E-state index contributed by atoms with van der Waals surface area (Å²) >= 11 is 0. The van der Waals surface area contributed by atoms with Crippen molar-refractivity contribution in [2.45, 2.75) is 19.8 Å². The van der Waals surface area contributed by atoms with Gasteiger partial charge in [-0.15, -0.1) is 0 Å². The number of carbonyl (C=O) groups is 1. The number of aromatic nitrogens is 1. The van der Waals surface area contributed by atoms with E-state index in [1.54, 1.807) is 6.92 Å². The topological polar surface area (TPSA) is 40.5 Å². The summed E-state index contributed by atoms with van der Waals surface area (Å²) in [5.41, 5.74) is 5.71. The van der Waals surface area contributed by atoms with Crippen molar-refractivity contribution < 1.29 is 14.3 Å². The number of rotatable bonds is 9. The predicted octanol–water partition coefficient (Wildman–Crippen LogP) is 7.78. The minimum absolute atomic E-state index is 0.331. The van der Waals surface area contributed by atoms with Gasteiger partial charge in [-0.3, -0.25) is 0 Å². The second kappa shape index (κ2) is 11.4. The number of esters is 1. The van der Waals surface area contributed by atoms with Crippen molar-refractivity contribution in [2.24, 2.45) is 0 Å². The van der Waals surface area contributed by atoms with E-state index in [4.69, 9.17) is 9.47 Å². The monoisotopic (exact) mass is 487 g/mol. The van der Waals surface area contributed by atoms with Gasteiger partial charge in [0.1, 0.15) is 11.5 Å². The average Bonchev–Trinajstić information content (AvgIpc) is 3.30. The zero-order valence-corrected chi connectivity index (χ0v) is 20.8. The van der Waals surface area contributed by atoms with E-state index < -0.39 is 0 Å². The Kier molecular flexibility index (Phi) is 7.47. The van der Waals surface area contributed by atoms with Crippen LogP contribution in [-0.4, -0.2) is 17.1 Å². The molecule has 0 radical (unpaired) electrons. The first-order chi connectivity index (χ1) is 18.2. The number of ether oxygens (including phenoxy) is 2. The zero-order chi connectivity index (χ0) is 25.5. The van der Waals surface area contributed by atoms with Gasteiger partial charge >= 0.3 is 5.97 Å². The Morgan fingerprint density at radius 1 is 0.811 bits per heavy atom. The zero-order valence-electron chi connectivity index (χ0n) is 20.8. The fraction of sp³-hybridized carbons (Fsp3) is 0.121. The molecule has 0 aliphatic carbocycles. The third-order valence-corrected chi connectivity index (χ3v) is 6.23. The highest BCUT2D eigenvalue weighted by atomic mass is 16.5.